The van der Waals surface area contributed by atoms with Crippen LogP contribution in [0.1, 0.15) is 16.8 Å². The molecule has 0 saturated carbocycles. The largest absolute Gasteiger partial charge is 0.385 e. The van der Waals surface area contributed by atoms with Gasteiger partial charge in [0.05, 0.1) is 13.2 Å². The van der Waals surface area contributed by atoms with Gasteiger partial charge in [0.2, 0.25) is 0 Å². The normalized spacial score (nSPS) is 10.6. The van der Waals surface area contributed by atoms with Gasteiger partial charge in [-0.3, -0.25) is 4.79 Å². The molecule has 0 aliphatic heterocycles. The third kappa shape index (κ3) is 7.00. The van der Waals surface area contributed by atoms with Crippen molar-refractivity contribution in [2.24, 2.45) is 0 Å². The van der Waals surface area contributed by atoms with Crippen molar-refractivity contribution in [1.29, 1.82) is 0 Å². The van der Waals surface area contributed by atoms with Crippen LogP contribution >= 0.6 is 0 Å². The average Bonchev–Trinajstić information content (AvgIpc) is 2.41. The van der Waals surface area contributed by atoms with E-state index >= 15 is 0 Å². The molecule has 0 aliphatic rings. The monoisotopic (exact) mass is 270 g/mol. The van der Waals surface area contributed by atoms with E-state index in [1.165, 1.54) is 18.2 Å². The second-order valence-corrected chi connectivity index (χ2v) is 3.94. The Labute approximate surface area is 112 Å². The maximum Gasteiger partial charge on any atom is 0.188 e. The van der Waals surface area contributed by atoms with Gasteiger partial charge in [0.1, 0.15) is 12.4 Å². The molecule has 0 N–H and O–H groups in total. The summed E-state index contributed by atoms with van der Waals surface area (Å²) in [5, 5.41) is 0. The van der Waals surface area contributed by atoms with Crippen molar-refractivity contribution in [1.82, 2.24) is 0 Å². The SMILES string of the molecule is COCCCOCCOCC(=O)c1cccc(F)c1. The van der Waals surface area contributed by atoms with Gasteiger partial charge in [-0.1, -0.05) is 12.1 Å². The maximum atomic E-state index is 12.9. The van der Waals surface area contributed by atoms with Crippen LogP contribution in [0.15, 0.2) is 24.3 Å². The Morgan fingerprint density at radius 2 is 1.95 bits per heavy atom. The zero-order valence-electron chi connectivity index (χ0n) is 11.1. The minimum absolute atomic E-state index is 0.0646. The van der Waals surface area contributed by atoms with Crippen LogP contribution in [0.2, 0.25) is 0 Å². The first-order valence-corrected chi connectivity index (χ1v) is 6.17. The third-order valence-corrected chi connectivity index (χ3v) is 2.39. The number of ketones is 1. The fourth-order valence-electron chi connectivity index (χ4n) is 1.44. The lowest BCUT2D eigenvalue weighted by Crippen LogP contribution is -2.13. The molecule has 0 amide bonds. The zero-order chi connectivity index (χ0) is 13.9. The summed E-state index contributed by atoms with van der Waals surface area (Å²) in [6, 6.07) is 5.57. The molecular formula is C14H19FO4. The van der Waals surface area contributed by atoms with E-state index in [-0.39, 0.29) is 12.4 Å². The van der Waals surface area contributed by atoms with E-state index in [1.807, 2.05) is 0 Å². The molecule has 5 heteroatoms. The van der Waals surface area contributed by atoms with Gasteiger partial charge < -0.3 is 14.2 Å². The van der Waals surface area contributed by atoms with Gasteiger partial charge in [-0.15, -0.1) is 0 Å². The van der Waals surface area contributed by atoms with Crippen LogP contribution in [0, 0.1) is 5.82 Å². The van der Waals surface area contributed by atoms with Gasteiger partial charge in [0.25, 0.3) is 0 Å². The van der Waals surface area contributed by atoms with Crippen molar-refractivity contribution >= 4 is 5.78 Å². The Hall–Kier alpha value is -1.30. The van der Waals surface area contributed by atoms with Gasteiger partial charge >= 0.3 is 0 Å². The van der Waals surface area contributed by atoms with Crippen molar-refractivity contribution in [3.8, 4) is 0 Å². The number of benzene rings is 1. The van der Waals surface area contributed by atoms with Crippen LogP contribution in [-0.2, 0) is 14.2 Å². The first kappa shape index (κ1) is 15.8. The van der Waals surface area contributed by atoms with E-state index < -0.39 is 5.82 Å². The smallest absolute Gasteiger partial charge is 0.188 e. The minimum atomic E-state index is -0.424. The predicted octanol–water partition coefficient (Wildman–Crippen LogP) is 2.08. The molecular weight excluding hydrogens is 251 g/mol. The summed E-state index contributed by atoms with van der Waals surface area (Å²) in [4.78, 5) is 11.6. The Balaban J connectivity index is 2.08. The van der Waals surface area contributed by atoms with Gasteiger partial charge in [-0.2, -0.15) is 0 Å². The van der Waals surface area contributed by atoms with E-state index in [2.05, 4.69) is 0 Å². The Bertz CT molecular complexity index is 381. The van der Waals surface area contributed by atoms with E-state index in [0.29, 0.717) is 32.0 Å². The van der Waals surface area contributed by atoms with E-state index in [1.54, 1.807) is 13.2 Å². The van der Waals surface area contributed by atoms with E-state index in [4.69, 9.17) is 14.2 Å². The molecule has 4 nitrogen and oxygen atoms in total. The van der Waals surface area contributed by atoms with Gasteiger partial charge in [-0.25, -0.2) is 4.39 Å². The fourth-order valence-corrected chi connectivity index (χ4v) is 1.44. The number of carbonyl (C=O) groups is 1. The fraction of sp³-hybridized carbons (Fsp3) is 0.500. The highest BCUT2D eigenvalue weighted by atomic mass is 19.1. The van der Waals surface area contributed by atoms with E-state index in [9.17, 15) is 9.18 Å². The van der Waals surface area contributed by atoms with Crippen LogP contribution in [0.4, 0.5) is 4.39 Å². The summed E-state index contributed by atoms with van der Waals surface area (Å²) >= 11 is 0. The molecule has 0 fully saturated rings. The predicted molar refractivity (Wildman–Crippen MR) is 68.9 cm³/mol. The second kappa shape index (κ2) is 9.61. The molecule has 0 spiro atoms. The number of carbonyl (C=O) groups excluding carboxylic acids is 1. The second-order valence-electron chi connectivity index (χ2n) is 3.94. The van der Waals surface area contributed by atoms with Crippen LogP contribution in [0.5, 0.6) is 0 Å². The molecule has 1 rings (SSSR count). The van der Waals surface area contributed by atoms with Crippen LogP contribution in [0.25, 0.3) is 0 Å². The van der Waals surface area contributed by atoms with Crippen molar-refractivity contribution in [2.75, 3.05) is 40.1 Å². The molecule has 106 valence electrons. The summed E-state index contributed by atoms with van der Waals surface area (Å²) in [5.74, 6) is -0.661. The van der Waals surface area contributed by atoms with Gasteiger partial charge in [-0.05, 0) is 18.6 Å². The average molecular weight is 270 g/mol. The molecule has 19 heavy (non-hydrogen) atoms. The van der Waals surface area contributed by atoms with Crippen LogP contribution in [-0.4, -0.2) is 45.9 Å². The number of hydrogen-bond donors (Lipinski definition) is 0. The molecule has 1 aromatic rings. The summed E-state index contributed by atoms with van der Waals surface area (Å²) in [5.41, 5.74) is 0.320. The zero-order valence-corrected chi connectivity index (χ0v) is 11.1. The Kier molecular flexibility index (Phi) is 7.97. The minimum Gasteiger partial charge on any atom is -0.385 e. The molecule has 0 unspecified atom stereocenters. The lowest BCUT2D eigenvalue weighted by Gasteiger charge is -2.05. The highest BCUT2D eigenvalue weighted by molar-refractivity contribution is 5.97. The van der Waals surface area contributed by atoms with Crippen molar-refractivity contribution in [2.45, 2.75) is 6.42 Å². The number of hydrogen-bond acceptors (Lipinski definition) is 4. The van der Waals surface area contributed by atoms with Gasteiger partial charge in [0.15, 0.2) is 5.78 Å². The quantitative estimate of drug-likeness (QED) is 0.482. The van der Waals surface area contributed by atoms with Crippen LogP contribution < -0.4 is 0 Å². The molecule has 0 radical (unpaired) electrons. The highest BCUT2D eigenvalue weighted by Crippen LogP contribution is 2.04. The van der Waals surface area contributed by atoms with Gasteiger partial charge in [0, 0.05) is 25.9 Å². The van der Waals surface area contributed by atoms with Crippen molar-refractivity contribution < 1.29 is 23.4 Å². The molecule has 0 heterocycles. The molecule has 0 atom stereocenters. The summed E-state index contributed by atoms with van der Waals surface area (Å²) in [6.07, 6.45) is 0.832. The molecule has 0 aliphatic carbocycles. The third-order valence-electron chi connectivity index (χ3n) is 2.39. The summed E-state index contributed by atoms with van der Waals surface area (Å²) < 4.78 is 28.2. The Morgan fingerprint density at radius 3 is 2.68 bits per heavy atom. The number of rotatable bonds is 10. The first-order valence-electron chi connectivity index (χ1n) is 6.17. The number of ether oxygens (including phenoxy) is 3. The standard InChI is InChI=1S/C14H19FO4/c1-17-6-3-7-18-8-9-19-11-14(16)12-4-2-5-13(15)10-12/h2,4-5,10H,3,6-9,11H2,1H3. The Morgan fingerprint density at radius 1 is 1.16 bits per heavy atom. The summed E-state index contributed by atoms with van der Waals surface area (Å²) in [6.45, 7) is 1.98. The first-order chi connectivity index (χ1) is 9.24. The topological polar surface area (TPSA) is 44.8 Å². The molecule has 0 bridgehead atoms. The molecule has 1 aromatic carbocycles. The maximum absolute atomic E-state index is 12.9. The lowest BCUT2D eigenvalue weighted by molar-refractivity contribution is 0.0382. The number of Topliss-reactive ketones (excluding diaryl/α,β-unsaturated/α-hetero) is 1. The molecule has 0 aromatic heterocycles. The number of halogens is 1. The highest BCUT2D eigenvalue weighted by Gasteiger charge is 2.06. The van der Waals surface area contributed by atoms with Crippen molar-refractivity contribution in [3.63, 3.8) is 0 Å². The summed E-state index contributed by atoms with van der Waals surface area (Å²) in [7, 11) is 1.64. The van der Waals surface area contributed by atoms with Crippen LogP contribution in [0.3, 0.4) is 0 Å². The lowest BCUT2D eigenvalue weighted by atomic mass is 10.1. The van der Waals surface area contributed by atoms with Crippen molar-refractivity contribution in [3.05, 3.63) is 35.6 Å². The molecule has 0 saturated heterocycles. The van der Waals surface area contributed by atoms with E-state index in [0.717, 1.165) is 6.42 Å². The number of methoxy groups -OCH3 is 1.